The first kappa shape index (κ1) is 14.3. The number of anilines is 1. The maximum absolute atomic E-state index is 10.5. The quantitative estimate of drug-likeness (QED) is 0.903. The lowest BCUT2D eigenvalue weighted by atomic mass is 10.1. The number of ether oxygens (including phenoxy) is 1. The van der Waals surface area contributed by atoms with Crippen LogP contribution in [-0.4, -0.2) is 37.4 Å². The molecule has 104 valence electrons. The van der Waals surface area contributed by atoms with Crippen LogP contribution in [0.2, 0.25) is 0 Å². The van der Waals surface area contributed by atoms with Crippen molar-refractivity contribution in [3.8, 4) is 0 Å². The first-order valence-corrected chi connectivity index (χ1v) is 7.29. The molecule has 0 unspecified atom stereocenters. The number of hydrogen-bond acceptors (Lipinski definition) is 3. The van der Waals surface area contributed by atoms with Gasteiger partial charge in [0.2, 0.25) is 0 Å². The smallest absolute Gasteiger partial charge is 0.303 e. The zero-order valence-electron chi connectivity index (χ0n) is 10.8. The predicted molar refractivity (Wildman–Crippen MR) is 77.7 cm³/mol. The summed E-state index contributed by atoms with van der Waals surface area (Å²) in [6.45, 7) is 3.37. The molecule has 1 aromatic rings. The molecule has 0 radical (unpaired) electrons. The summed E-state index contributed by atoms with van der Waals surface area (Å²) in [5, 5.41) is 8.63. The molecule has 5 heteroatoms. The van der Waals surface area contributed by atoms with Crippen molar-refractivity contribution < 1.29 is 14.6 Å². The zero-order valence-corrected chi connectivity index (χ0v) is 12.4. The molecule has 1 aliphatic heterocycles. The minimum Gasteiger partial charge on any atom is -0.481 e. The highest BCUT2D eigenvalue weighted by atomic mass is 79.9. The van der Waals surface area contributed by atoms with Gasteiger partial charge in [0.25, 0.3) is 0 Å². The minimum atomic E-state index is -0.732. The Kier molecular flexibility index (Phi) is 5.22. The number of halogens is 1. The predicted octanol–water partition coefficient (Wildman–Crippen LogP) is 2.69. The Balaban J connectivity index is 1.98. The first-order chi connectivity index (χ1) is 9.16. The number of carboxylic acid groups (broad SMARTS) is 1. The summed E-state index contributed by atoms with van der Waals surface area (Å²) >= 11 is 3.60. The molecule has 1 heterocycles. The third-order valence-electron chi connectivity index (χ3n) is 3.22. The van der Waals surface area contributed by atoms with Gasteiger partial charge < -0.3 is 14.7 Å². The number of nitrogens with zero attached hydrogens (tertiary/aromatic N) is 1. The average Bonchev–Trinajstić information content (AvgIpc) is 2.39. The van der Waals surface area contributed by atoms with Gasteiger partial charge in [-0.3, -0.25) is 4.79 Å². The molecule has 0 saturated carbocycles. The monoisotopic (exact) mass is 327 g/mol. The molecule has 1 fully saturated rings. The van der Waals surface area contributed by atoms with Gasteiger partial charge in [-0.15, -0.1) is 0 Å². The summed E-state index contributed by atoms with van der Waals surface area (Å²) in [4.78, 5) is 12.8. The SMILES string of the molecule is O=C(O)CCCc1ccc(N2CCOCC2)c(Br)c1. The second-order valence-corrected chi connectivity index (χ2v) is 5.49. The number of hydrogen-bond donors (Lipinski definition) is 1. The van der Waals surface area contributed by atoms with Gasteiger partial charge in [-0.25, -0.2) is 0 Å². The number of morpholine rings is 1. The molecule has 0 spiro atoms. The van der Waals surface area contributed by atoms with Gasteiger partial charge in [-0.1, -0.05) is 6.07 Å². The number of carboxylic acids is 1. The normalized spacial score (nSPS) is 15.5. The third kappa shape index (κ3) is 4.21. The van der Waals surface area contributed by atoms with E-state index in [0.717, 1.165) is 37.2 Å². The first-order valence-electron chi connectivity index (χ1n) is 6.50. The van der Waals surface area contributed by atoms with Crippen molar-refractivity contribution in [1.82, 2.24) is 0 Å². The van der Waals surface area contributed by atoms with E-state index in [-0.39, 0.29) is 6.42 Å². The van der Waals surface area contributed by atoms with Crippen LogP contribution in [0.15, 0.2) is 22.7 Å². The van der Waals surface area contributed by atoms with Gasteiger partial charge in [-0.05, 0) is 46.5 Å². The van der Waals surface area contributed by atoms with E-state index in [1.807, 2.05) is 0 Å². The van der Waals surface area contributed by atoms with Crippen molar-refractivity contribution >= 4 is 27.6 Å². The third-order valence-corrected chi connectivity index (χ3v) is 3.86. The molecule has 1 N–H and O–H groups in total. The van der Waals surface area contributed by atoms with Crippen LogP contribution in [0.1, 0.15) is 18.4 Å². The van der Waals surface area contributed by atoms with Crippen LogP contribution >= 0.6 is 15.9 Å². The van der Waals surface area contributed by atoms with Gasteiger partial charge in [0, 0.05) is 24.0 Å². The largest absolute Gasteiger partial charge is 0.481 e. The van der Waals surface area contributed by atoms with Gasteiger partial charge in [-0.2, -0.15) is 0 Å². The molecule has 0 atom stereocenters. The fourth-order valence-electron chi connectivity index (χ4n) is 2.21. The lowest BCUT2D eigenvalue weighted by molar-refractivity contribution is -0.137. The van der Waals surface area contributed by atoms with Crippen LogP contribution in [0.5, 0.6) is 0 Å². The summed E-state index contributed by atoms with van der Waals surface area (Å²) in [6.07, 6.45) is 1.70. The maximum atomic E-state index is 10.5. The number of benzene rings is 1. The number of rotatable bonds is 5. The topological polar surface area (TPSA) is 49.8 Å². The Labute approximate surface area is 121 Å². The summed E-state index contributed by atoms with van der Waals surface area (Å²) < 4.78 is 6.42. The van der Waals surface area contributed by atoms with E-state index in [9.17, 15) is 4.79 Å². The highest BCUT2D eigenvalue weighted by Gasteiger charge is 2.14. The van der Waals surface area contributed by atoms with Gasteiger partial charge in [0.1, 0.15) is 0 Å². The number of carbonyl (C=O) groups is 1. The van der Waals surface area contributed by atoms with Crippen LogP contribution in [0.4, 0.5) is 5.69 Å². The highest BCUT2D eigenvalue weighted by molar-refractivity contribution is 9.10. The molecule has 1 saturated heterocycles. The molecule has 4 nitrogen and oxygen atoms in total. The number of aliphatic carboxylic acids is 1. The number of aryl methyl sites for hydroxylation is 1. The fraction of sp³-hybridized carbons (Fsp3) is 0.500. The zero-order chi connectivity index (χ0) is 13.7. The molecule has 1 aliphatic rings. The molecule has 1 aromatic carbocycles. The molecular formula is C14H18BrNO3. The van der Waals surface area contributed by atoms with Gasteiger partial charge in [0.15, 0.2) is 0 Å². The molecule has 0 aromatic heterocycles. The van der Waals surface area contributed by atoms with E-state index in [4.69, 9.17) is 9.84 Å². The fourth-order valence-corrected chi connectivity index (χ4v) is 2.89. The van der Waals surface area contributed by atoms with E-state index in [2.05, 4.69) is 39.0 Å². The molecule has 0 aliphatic carbocycles. The second kappa shape index (κ2) is 6.91. The van der Waals surface area contributed by atoms with Crippen molar-refractivity contribution in [3.63, 3.8) is 0 Å². The van der Waals surface area contributed by atoms with E-state index in [0.29, 0.717) is 6.42 Å². The van der Waals surface area contributed by atoms with E-state index in [1.165, 1.54) is 11.3 Å². The van der Waals surface area contributed by atoms with Gasteiger partial charge >= 0.3 is 5.97 Å². The van der Waals surface area contributed by atoms with E-state index in [1.54, 1.807) is 0 Å². The molecule has 2 rings (SSSR count). The second-order valence-electron chi connectivity index (χ2n) is 4.63. The van der Waals surface area contributed by atoms with Crippen molar-refractivity contribution in [1.29, 1.82) is 0 Å². The molecular weight excluding hydrogens is 310 g/mol. The Morgan fingerprint density at radius 2 is 2.11 bits per heavy atom. The lowest BCUT2D eigenvalue weighted by Crippen LogP contribution is -2.36. The summed E-state index contributed by atoms with van der Waals surface area (Å²) in [7, 11) is 0. The van der Waals surface area contributed by atoms with E-state index >= 15 is 0 Å². The standard InChI is InChI=1S/C14H18BrNO3/c15-12-10-11(2-1-3-14(17)18)4-5-13(12)16-6-8-19-9-7-16/h4-5,10H,1-3,6-9H2,(H,17,18). The van der Waals surface area contributed by atoms with Crippen LogP contribution in [0.3, 0.4) is 0 Å². The Morgan fingerprint density at radius 1 is 1.37 bits per heavy atom. The van der Waals surface area contributed by atoms with Crippen LogP contribution in [-0.2, 0) is 16.0 Å². The minimum absolute atomic E-state index is 0.225. The van der Waals surface area contributed by atoms with Crippen LogP contribution in [0.25, 0.3) is 0 Å². The van der Waals surface area contributed by atoms with Gasteiger partial charge in [0.05, 0.1) is 18.9 Å². The van der Waals surface area contributed by atoms with Crippen LogP contribution < -0.4 is 4.90 Å². The molecule has 19 heavy (non-hydrogen) atoms. The van der Waals surface area contributed by atoms with Crippen molar-refractivity contribution in [2.24, 2.45) is 0 Å². The van der Waals surface area contributed by atoms with E-state index < -0.39 is 5.97 Å². The van der Waals surface area contributed by atoms with Crippen LogP contribution in [0, 0.1) is 0 Å². The van der Waals surface area contributed by atoms with Crippen molar-refractivity contribution in [3.05, 3.63) is 28.2 Å². The van der Waals surface area contributed by atoms with Crippen molar-refractivity contribution in [2.75, 3.05) is 31.2 Å². The Hall–Kier alpha value is -1.07. The Morgan fingerprint density at radius 3 is 2.74 bits per heavy atom. The summed E-state index contributed by atoms with van der Waals surface area (Å²) in [5.41, 5.74) is 2.36. The highest BCUT2D eigenvalue weighted by Crippen LogP contribution is 2.28. The average molecular weight is 328 g/mol. The lowest BCUT2D eigenvalue weighted by Gasteiger charge is -2.29. The Bertz CT molecular complexity index is 444. The molecule has 0 amide bonds. The summed E-state index contributed by atoms with van der Waals surface area (Å²) in [5.74, 6) is -0.732. The maximum Gasteiger partial charge on any atom is 0.303 e. The van der Waals surface area contributed by atoms with Crippen molar-refractivity contribution in [2.45, 2.75) is 19.3 Å². The summed E-state index contributed by atoms with van der Waals surface area (Å²) in [6, 6.07) is 6.27. The molecule has 0 bridgehead atoms.